The molecule has 1 aromatic heterocycles. The highest BCUT2D eigenvalue weighted by Crippen LogP contribution is 2.21. The molecular formula is C20H29N5O2. The van der Waals surface area contributed by atoms with E-state index in [1.54, 1.807) is 0 Å². The second-order valence-electron chi connectivity index (χ2n) is 7.59. The van der Waals surface area contributed by atoms with Crippen LogP contribution in [0.3, 0.4) is 0 Å². The van der Waals surface area contributed by atoms with Gasteiger partial charge in [-0.15, -0.1) is 0 Å². The molecule has 1 N–H and O–H groups in total. The maximum Gasteiger partial charge on any atom is 0.254 e. The fourth-order valence-corrected chi connectivity index (χ4v) is 3.36. The van der Waals surface area contributed by atoms with Crippen molar-refractivity contribution in [3.63, 3.8) is 0 Å². The van der Waals surface area contributed by atoms with Crippen LogP contribution >= 0.6 is 0 Å². The van der Waals surface area contributed by atoms with Gasteiger partial charge in [0.2, 0.25) is 0 Å². The van der Waals surface area contributed by atoms with E-state index in [0.29, 0.717) is 30.9 Å². The van der Waals surface area contributed by atoms with Crippen LogP contribution in [-0.2, 0) is 13.1 Å². The molecule has 2 heterocycles. The molecule has 0 fully saturated rings. The number of aromatic nitrogens is 2. The molecule has 0 radical (unpaired) electrons. The molecule has 1 aromatic carbocycles. The van der Waals surface area contributed by atoms with Gasteiger partial charge in [-0.2, -0.15) is 5.10 Å². The first-order valence-corrected chi connectivity index (χ1v) is 9.31. The molecule has 1 aliphatic rings. The summed E-state index contributed by atoms with van der Waals surface area (Å²) in [4.78, 5) is 18.8. The fourth-order valence-electron chi connectivity index (χ4n) is 3.36. The molecule has 0 bridgehead atoms. The smallest absolute Gasteiger partial charge is 0.254 e. The molecule has 7 nitrogen and oxygen atoms in total. The van der Waals surface area contributed by atoms with Crippen LogP contribution in [0, 0.1) is 0 Å². The van der Waals surface area contributed by atoms with Crippen molar-refractivity contribution in [2.75, 3.05) is 46.2 Å². The van der Waals surface area contributed by atoms with Gasteiger partial charge in [0.1, 0.15) is 6.10 Å². The highest BCUT2D eigenvalue weighted by Gasteiger charge is 2.23. The number of aryl methyl sites for hydroxylation is 1. The van der Waals surface area contributed by atoms with E-state index >= 15 is 0 Å². The van der Waals surface area contributed by atoms with Crippen molar-refractivity contribution in [2.24, 2.45) is 0 Å². The topological polar surface area (TPSA) is 64.8 Å². The lowest BCUT2D eigenvalue weighted by Crippen LogP contribution is -2.30. The van der Waals surface area contributed by atoms with Crippen LogP contribution in [0.15, 0.2) is 30.3 Å². The lowest BCUT2D eigenvalue weighted by atomic mass is 10.1. The van der Waals surface area contributed by atoms with E-state index in [0.717, 1.165) is 24.3 Å². The van der Waals surface area contributed by atoms with Gasteiger partial charge >= 0.3 is 0 Å². The molecule has 0 saturated heterocycles. The van der Waals surface area contributed by atoms with Crippen molar-refractivity contribution in [1.29, 1.82) is 0 Å². The number of fused-ring (bicyclic) bond motifs is 1. The molecule has 3 rings (SSSR count). The largest absolute Gasteiger partial charge is 0.385 e. The van der Waals surface area contributed by atoms with Crippen LogP contribution in [0.25, 0.3) is 0 Å². The van der Waals surface area contributed by atoms with Crippen LogP contribution < -0.4 is 4.90 Å². The molecule has 146 valence electrons. The fraction of sp³-hybridized carbons (Fsp3) is 0.500. The Kier molecular flexibility index (Phi) is 5.82. The van der Waals surface area contributed by atoms with Gasteiger partial charge in [0.15, 0.2) is 0 Å². The lowest BCUT2D eigenvalue weighted by molar-refractivity contribution is 0.0746. The zero-order valence-corrected chi connectivity index (χ0v) is 16.6. The van der Waals surface area contributed by atoms with Crippen LogP contribution in [0.2, 0.25) is 0 Å². The Labute approximate surface area is 160 Å². The summed E-state index contributed by atoms with van der Waals surface area (Å²) in [5, 5.41) is 14.9. The van der Waals surface area contributed by atoms with Gasteiger partial charge in [-0.05, 0) is 44.8 Å². The Morgan fingerprint density at radius 2 is 2.00 bits per heavy atom. The molecule has 1 atom stereocenters. The van der Waals surface area contributed by atoms with Crippen LogP contribution in [-0.4, -0.2) is 71.9 Å². The van der Waals surface area contributed by atoms with Gasteiger partial charge in [-0.25, -0.2) is 0 Å². The van der Waals surface area contributed by atoms with Gasteiger partial charge in [0.25, 0.3) is 5.91 Å². The molecule has 0 spiro atoms. The minimum Gasteiger partial charge on any atom is -0.385 e. The standard InChI is InChI=1S/C20H29N5O2/c1-22(2)14-19(26)18-12-17-13-24(9-6-10-25(17)21-18)20(27)15-7-5-8-16(11-15)23(3)4/h5,7-8,11-12,19,26H,6,9-10,13-14H2,1-4H3/t19-/m1/s1. The van der Waals surface area contributed by atoms with E-state index < -0.39 is 6.10 Å². The molecule has 1 amide bonds. The van der Waals surface area contributed by atoms with Gasteiger partial charge in [-0.1, -0.05) is 6.07 Å². The van der Waals surface area contributed by atoms with Gasteiger partial charge < -0.3 is 19.8 Å². The number of likely N-dealkylation sites (N-methyl/N-ethyl adjacent to an activating group) is 1. The van der Waals surface area contributed by atoms with E-state index in [-0.39, 0.29) is 5.91 Å². The first-order chi connectivity index (χ1) is 12.8. The van der Waals surface area contributed by atoms with E-state index in [9.17, 15) is 9.90 Å². The summed E-state index contributed by atoms with van der Waals surface area (Å²) >= 11 is 0. The number of nitrogens with zero attached hydrogens (tertiary/aromatic N) is 5. The number of carbonyl (C=O) groups is 1. The Bertz CT molecular complexity index is 799. The number of aliphatic hydroxyl groups is 1. The Morgan fingerprint density at radius 1 is 1.22 bits per heavy atom. The van der Waals surface area contributed by atoms with Crippen molar-refractivity contribution in [1.82, 2.24) is 19.6 Å². The maximum absolute atomic E-state index is 13.0. The Balaban J connectivity index is 1.79. The SMILES string of the molecule is CN(C)C[C@@H](O)c1cc2n(n1)CCCN(C(=O)c1cccc(N(C)C)c1)C2. The van der Waals surface area contributed by atoms with Crippen molar-refractivity contribution < 1.29 is 9.90 Å². The van der Waals surface area contributed by atoms with Crippen molar-refractivity contribution in [3.8, 4) is 0 Å². The quantitative estimate of drug-likeness (QED) is 0.865. The Hall–Kier alpha value is -2.38. The predicted octanol–water partition coefficient (Wildman–Crippen LogP) is 1.59. The summed E-state index contributed by atoms with van der Waals surface area (Å²) in [5.41, 5.74) is 3.34. The number of aliphatic hydroxyl groups excluding tert-OH is 1. The highest BCUT2D eigenvalue weighted by atomic mass is 16.3. The second-order valence-corrected chi connectivity index (χ2v) is 7.59. The van der Waals surface area contributed by atoms with E-state index in [1.807, 2.05) is 77.9 Å². The summed E-state index contributed by atoms with van der Waals surface area (Å²) in [6.07, 6.45) is 0.220. The van der Waals surface area contributed by atoms with Gasteiger partial charge in [-0.3, -0.25) is 9.48 Å². The minimum absolute atomic E-state index is 0.0312. The number of carbonyl (C=O) groups excluding carboxylic acids is 1. The predicted molar refractivity (Wildman–Crippen MR) is 106 cm³/mol. The van der Waals surface area contributed by atoms with E-state index in [1.165, 1.54) is 0 Å². The summed E-state index contributed by atoms with van der Waals surface area (Å²) < 4.78 is 1.93. The molecule has 0 saturated carbocycles. The number of anilines is 1. The van der Waals surface area contributed by atoms with Crippen molar-refractivity contribution >= 4 is 11.6 Å². The number of rotatable bonds is 5. The third-order valence-electron chi connectivity index (χ3n) is 4.81. The third kappa shape index (κ3) is 4.48. The first kappa shape index (κ1) is 19.4. The number of amides is 1. The van der Waals surface area contributed by atoms with Crippen LogP contribution in [0.1, 0.15) is 34.3 Å². The minimum atomic E-state index is -0.625. The molecule has 1 aliphatic heterocycles. The molecular weight excluding hydrogens is 342 g/mol. The van der Waals surface area contributed by atoms with Crippen LogP contribution in [0.5, 0.6) is 0 Å². The average molecular weight is 371 g/mol. The van der Waals surface area contributed by atoms with Crippen LogP contribution in [0.4, 0.5) is 5.69 Å². The molecule has 2 aromatic rings. The molecule has 7 heteroatoms. The van der Waals surface area contributed by atoms with Gasteiger partial charge in [0, 0.05) is 45.0 Å². The summed E-state index contributed by atoms with van der Waals surface area (Å²) in [6.45, 7) is 2.48. The molecule has 27 heavy (non-hydrogen) atoms. The lowest BCUT2D eigenvalue weighted by Gasteiger charge is -2.21. The third-order valence-corrected chi connectivity index (χ3v) is 4.81. The molecule has 0 unspecified atom stereocenters. The second kappa shape index (κ2) is 8.10. The van der Waals surface area contributed by atoms with Crippen molar-refractivity contribution in [2.45, 2.75) is 25.6 Å². The Morgan fingerprint density at radius 3 is 2.70 bits per heavy atom. The maximum atomic E-state index is 13.0. The first-order valence-electron chi connectivity index (χ1n) is 9.31. The highest BCUT2D eigenvalue weighted by molar-refractivity contribution is 5.95. The monoisotopic (exact) mass is 371 g/mol. The summed E-state index contributed by atoms with van der Waals surface area (Å²) in [7, 11) is 7.78. The summed E-state index contributed by atoms with van der Waals surface area (Å²) in [6, 6.07) is 9.63. The number of benzene rings is 1. The number of hydrogen-bond donors (Lipinski definition) is 1. The molecule has 0 aliphatic carbocycles. The normalized spacial score (nSPS) is 15.4. The van der Waals surface area contributed by atoms with Crippen molar-refractivity contribution in [3.05, 3.63) is 47.3 Å². The zero-order chi connectivity index (χ0) is 19.6. The summed E-state index contributed by atoms with van der Waals surface area (Å²) in [5.74, 6) is 0.0312. The number of hydrogen-bond acceptors (Lipinski definition) is 5. The van der Waals surface area contributed by atoms with E-state index in [2.05, 4.69) is 5.10 Å². The average Bonchev–Trinajstić information content (AvgIpc) is 2.92. The zero-order valence-electron chi connectivity index (χ0n) is 16.6. The van der Waals surface area contributed by atoms with Gasteiger partial charge in [0.05, 0.1) is 17.9 Å². The van der Waals surface area contributed by atoms with E-state index in [4.69, 9.17) is 0 Å².